The Bertz CT molecular complexity index is 3910. The molecule has 0 amide bonds. The largest absolute Gasteiger partial charge is 0.305 e. The summed E-state index contributed by atoms with van der Waals surface area (Å²) in [6.07, 6.45) is 1.77. The van der Waals surface area contributed by atoms with Crippen LogP contribution in [0.25, 0.3) is 106 Å². The minimum absolute atomic E-state index is 0. The van der Waals surface area contributed by atoms with E-state index in [-0.39, 0.29) is 25.5 Å². The Kier molecular flexibility index (Phi) is 9.64. The van der Waals surface area contributed by atoms with Crippen LogP contribution in [0.4, 0.5) is 0 Å². The van der Waals surface area contributed by atoms with Crippen LogP contribution >= 0.6 is 0 Å². The molecule has 1 aliphatic carbocycles. The molecule has 327 valence electrons. The number of fused-ring (bicyclic) bond motifs is 10. The second kappa shape index (κ2) is 15.7. The fourth-order valence-corrected chi connectivity index (χ4v) is 12.0. The molecule has 0 fully saturated rings. The van der Waals surface area contributed by atoms with E-state index in [4.69, 9.17) is 15.0 Å². The van der Waals surface area contributed by atoms with Crippen molar-refractivity contribution < 1.29 is 28.5 Å². The van der Waals surface area contributed by atoms with E-state index < -0.39 is 9.84 Å². The van der Waals surface area contributed by atoms with Gasteiger partial charge in [-0.2, -0.15) is 9.97 Å². The maximum absolute atomic E-state index is 14.4. The van der Waals surface area contributed by atoms with Gasteiger partial charge in [0.1, 0.15) is 0 Å². The van der Waals surface area contributed by atoms with Gasteiger partial charge >= 0.3 is 0 Å². The van der Waals surface area contributed by atoms with E-state index in [0.717, 1.165) is 72.0 Å². The predicted molar refractivity (Wildman–Crippen MR) is 266 cm³/mol. The molecule has 3 aromatic heterocycles. The molecule has 4 heterocycles. The molecule has 0 saturated carbocycles. The van der Waals surface area contributed by atoms with E-state index in [2.05, 4.69) is 84.1 Å². The average Bonchev–Trinajstić information content (AvgIpc) is 3.93. The summed E-state index contributed by atoms with van der Waals surface area (Å²) in [7, 11) is -3.80. The third-order valence-electron chi connectivity index (χ3n) is 13.6. The molecule has 13 rings (SSSR count). The van der Waals surface area contributed by atoms with Crippen LogP contribution in [0.1, 0.15) is 25.0 Å². The monoisotopic (exact) mass is 1070 g/mol. The van der Waals surface area contributed by atoms with Crippen molar-refractivity contribution >= 4 is 31.6 Å². The van der Waals surface area contributed by atoms with Gasteiger partial charge in [-0.05, 0) is 75.5 Å². The van der Waals surface area contributed by atoms with Gasteiger partial charge in [-0.25, -0.2) is 13.4 Å². The molecule has 2 aliphatic rings. The van der Waals surface area contributed by atoms with Crippen LogP contribution in [0, 0.1) is 6.07 Å². The zero-order valence-electron chi connectivity index (χ0n) is 36.8. The summed E-state index contributed by atoms with van der Waals surface area (Å²) in [5.41, 5.74) is 15.0. The van der Waals surface area contributed by atoms with E-state index in [1.165, 1.54) is 16.7 Å². The Hall–Kier alpha value is -7.68. The van der Waals surface area contributed by atoms with Crippen LogP contribution < -0.4 is 0 Å². The Morgan fingerprint density at radius 3 is 1.93 bits per heavy atom. The second-order valence-electron chi connectivity index (χ2n) is 17.8. The normalized spacial score (nSPS) is 13.7. The van der Waals surface area contributed by atoms with Gasteiger partial charge in [0.05, 0.1) is 20.8 Å². The number of nitrogens with zero attached hydrogens (tertiary/aromatic N) is 5. The van der Waals surface area contributed by atoms with Crippen LogP contribution in [0.15, 0.2) is 204 Å². The molecule has 0 atom stereocenters. The smallest absolute Gasteiger partial charge is 0.238 e. The summed E-state index contributed by atoms with van der Waals surface area (Å²) in [5.74, 6) is 1.67. The first kappa shape index (κ1) is 41.7. The van der Waals surface area contributed by atoms with Crippen LogP contribution in [0.2, 0.25) is 0 Å². The maximum atomic E-state index is 14.4. The SMILES string of the molecule is CC1(C)c2ccccc2-c2c1ccc1c3cc(-c4ccc5c(c4)S(=O)(=O)c4ccc(-c6cc[c-]c(-c7ccccn7)c6)cc4-5)ccc3n(-c3nc(-c4ccccc4)nc(-c4ccccc4)n3)c21.[Ir]. The summed E-state index contributed by atoms with van der Waals surface area (Å²) in [6, 6.07) is 66.1. The van der Waals surface area contributed by atoms with Crippen molar-refractivity contribution in [1.82, 2.24) is 24.5 Å². The van der Waals surface area contributed by atoms with Crippen molar-refractivity contribution in [3.8, 4) is 84.5 Å². The van der Waals surface area contributed by atoms with Crippen molar-refractivity contribution in [2.45, 2.75) is 29.1 Å². The fourth-order valence-electron chi connectivity index (χ4n) is 10.3. The topological polar surface area (TPSA) is 90.6 Å². The van der Waals surface area contributed by atoms with Gasteiger partial charge in [-0.3, -0.25) is 4.57 Å². The molecule has 0 N–H and O–H groups in total. The fraction of sp³-hybridized carbons (Fsp3) is 0.0508. The maximum Gasteiger partial charge on any atom is 0.238 e. The predicted octanol–water partition coefficient (Wildman–Crippen LogP) is 13.6. The van der Waals surface area contributed by atoms with Crippen molar-refractivity contribution in [2.24, 2.45) is 0 Å². The molecule has 9 heteroatoms. The van der Waals surface area contributed by atoms with E-state index >= 15 is 0 Å². The van der Waals surface area contributed by atoms with Gasteiger partial charge in [-0.1, -0.05) is 147 Å². The molecule has 0 unspecified atom stereocenters. The van der Waals surface area contributed by atoms with E-state index in [9.17, 15) is 8.42 Å². The van der Waals surface area contributed by atoms with Gasteiger partial charge in [0.2, 0.25) is 15.8 Å². The Labute approximate surface area is 407 Å². The van der Waals surface area contributed by atoms with Crippen LogP contribution in [0.5, 0.6) is 0 Å². The van der Waals surface area contributed by atoms with E-state index in [0.29, 0.717) is 38.5 Å². The van der Waals surface area contributed by atoms with Gasteiger partial charge < -0.3 is 4.98 Å². The standard InChI is InChI=1S/C59H38N5O2S.Ir/c1-59(2)48-21-10-9-20-45(48)54-49(59)28-27-44-46-33-39(24-29-51(46)64(55(44)54)58-62-56(36-14-5-3-6-15-36)61-57(63-58)37-16-7-4-8-17-37)41-23-26-43-47-34-40(25-30-52(47)67(65,66)53(43)35-41)38-18-13-19-42(32-38)50-22-11-12-31-60-50;/h3-18,20-35H,1-2H3;/q-1;. The first-order valence-corrected chi connectivity index (χ1v) is 23.8. The number of aromatic nitrogens is 5. The van der Waals surface area contributed by atoms with Gasteiger partial charge in [-0.15, -0.1) is 35.4 Å². The zero-order valence-corrected chi connectivity index (χ0v) is 40.0. The molecule has 68 heavy (non-hydrogen) atoms. The number of hydrogen-bond donors (Lipinski definition) is 0. The molecular formula is C59H38IrN5O2S-. The molecule has 0 spiro atoms. The second-order valence-corrected chi connectivity index (χ2v) is 19.7. The summed E-state index contributed by atoms with van der Waals surface area (Å²) in [4.78, 5) is 20.7. The number of hydrogen-bond acceptors (Lipinski definition) is 6. The number of pyridine rings is 1. The molecule has 8 aromatic carbocycles. The quantitative estimate of drug-likeness (QED) is 0.154. The summed E-state index contributed by atoms with van der Waals surface area (Å²) < 4.78 is 31.0. The van der Waals surface area contributed by atoms with Gasteiger partial charge in [0.25, 0.3) is 0 Å². The number of sulfone groups is 1. The van der Waals surface area contributed by atoms with E-state index in [1.807, 2.05) is 127 Å². The number of rotatable bonds is 6. The Morgan fingerprint density at radius 1 is 0.515 bits per heavy atom. The van der Waals surface area contributed by atoms with Crippen molar-refractivity contribution in [2.75, 3.05) is 0 Å². The summed E-state index contributed by atoms with van der Waals surface area (Å²) in [5, 5.41) is 2.05. The van der Waals surface area contributed by atoms with Crippen LogP contribution in [-0.4, -0.2) is 32.9 Å². The molecule has 7 nitrogen and oxygen atoms in total. The van der Waals surface area contributed by atoms with Crippen molar-refractivity contribution in [1.29, 1.82) is 0 Å². The molecule has 1 radical (unpaired) electrons. The minimum Gasteiger partial charge on any atom is -0.305 e. The Balaban J connectivity index is 0.00000480. The van der Waals surface area contributed by atoms with Gasteiger partial charge in [0, 0.05) is 70.3 Å². The average molecular weight is 1070 g/mol. The zero-order chi connectivity index (χ0) is 45.0. The molecule has 1 aliphatic heterocycles. The third kappa shape index (κ3) is 6.38. The first-order chi connectivity index (χ1) is 32.7. The van der Waals surface area contributed by atoms with Crippen LogP contribution in [-0.2, 0) is 35.4 Å². The van der Waals surface area contributed by atoms with E-state index in [1.54, 1.807) is 12.3 Å². The first-order valence-electron chi connectivity index (χ1n) is 22.3. The molecule has 11 aromatic rings. The summed E-state index contributed by atoms with van der Waals surface area (Å²) >= 11 is 0. The Morgan fingerprint density at radius 2 is 1.18 bits per heavy atom. The minimum atomic E-state index is -3.80. The van der Waals surface area contributed by atoms with Gasteiger partial charge in [0.15, 0.2) is 11.6 Å². The molecule has 0 saturated heterocycles. The van der Waals surface area contributed by atoms with Crippen molar-refractivity contribution in [3.63, 3.8) is 0 Å². The van der Waals surface area contributed by atoms with Crippen molar-refractivity contribution in [3.05, 3.63) is 211 Å². The number of benzene rings is 8. The molecule has 0 bridgehead atoms. The summed E-state index contributed by atoms with van der Waals surface area (Å²) in [6.45, 7) is 4.58. The third-order valence-corrected chi connectivity index (χ3v) is 15.5. The van der Waals surface area contributed by atoms with Crippen LogP contribution in [0.3, 0.4) is 0 Å². The molecular weight excluding hydrogens is 1030 g/mol.